The number of carbonyl (C=O) groups is 1. The van der Waals surface area contributed by atoms with Crippen LogP contribution in [0, 0.1) is 0 Å². The van der Waals surface area contributed by atoms with E-state index >= 15 is 0 Å². The van der Waals surface area contributed by atoms with Crippen LogP contribution in [0.5, 0.6) is 0 Å². The second-order valence-corrected chi connectivity index (χ2v) is 13.1. The van der Waals surface area contributed by atoms with E-state index in [0.717, 1.165) is 10.1 Å². The number of hydrogen-bond donors (Lipinski definition) is 2. The number of benzene rings is 1. The Kier molecular flexibility index (Phi) is 7.97. The fourth-order valence-corrected chi connectivity index (χ4v) is 6.17. The van der Waals surface area contributed by atoms with E-state index in [4.69, 9.17) is 31.5 Å². The normalized spacial score (nSPS) is 19.4. The van der Waals surface area contributed by atoms with Gasteiger partial charge in [0.2, 0.25) is 5.60 Å². The summed E-state index contributed by atoms with van der Waals surface area (Å²) in [6.07, 6.45) is -4.07. The first-order valence-electron chi connectivity index (χ1n) is 13.3. The van der Waals surface area contributed by atoms with E-state index in [0.29, 0.717) is 26.9 Å². The number of nitrogens with one attached hydrogen (secondary N) is 1. The Bertz CT molecular complexity index is 1690. The smallest absolute Gasteiger partial charge is 0.424 e. The molecule has 1 saturated heterocycles. The van der Waals surface area contributed by atoms with Gasteiger partial charge in [-0.25, -0.2) is 9.78 Å². The molecule has 228 valence electrons. The van der Waals surface area contributed by atoms with Crippen molar-refractivity contribution in [3.63, 3.8) is 0 Å². The maximum absolute atomic E-state index is 14.4. The summed E-state index contributed by atoms with van der Waals surface area (Å²) in [6, 6.07) is 12.4. The van der Waals surface area contributed by atoms with Gasteiger partial charge in [-0.2, -0.15) is 13.2 Å². The third kappa shape index (κ3) is 6.34. The van der Waals surface area contributed by atoms with Crippen LogP contribution in [-0.2, 0) is 19.8 Å². The van der Waals surface area contributed by atoms with E-state index in [9.17, 15) is 18.0 Å². The van der Waals surface area contributed by atoms with Gasteiger partial charge in [0.1, 0.15) is 11.4 Å². The second-order valence-electron chi connectivity index (χ2n) is 11.6. The quantitative estimate of drug-likeness (QED) is 0.229. The fraction of sp³-hybridized carbons (Fsp3) is 0.367. The highest BCUT2D eigenvalue weighted by atomic mass is 35.5. The predicted octanol–water partition coefficient (Wildman–Crippen LogP) is 7.95. The van der Waals surface area contributed by atoms with E-state index in [1.54, 1.807) is 39.0 Å². The molecule has 0 radical (unpaired) electrons. The second kappa shape index (κ2) is 11.0. The molecule has 0 aliphatic carbocycles. The van der Waals surface area contributed by atoms with Crippen LogP contribution in [0.1, 0.15) is 56.8 Å². The summed E-state index contributed by atoms with van der Waals surface area (Å²) < 4.78 is 60.1. The van der Waals surface area contributed by atoms with Crippen molar-refractivity contribution in [1.29, 1.82) is 0 Å². The topological polar surface area (TPSA) is 109 Å². The Balaban J connectivity index is 1.50. The van der Waals surface area contributed by atoms with Crippen molar-refractivity contribution in [3.05, 3.63) is 75.9 Å². The van der Waals surface area contributed by atoms with Crippen molar-refractivity contribution in [2.24, 2.45) is 5.73 Å². The Morgan fingerprint density at radius 2 is 1.91 bits per heavy atom. The number of hydrogen-bond acceptors (Lipinski definition) is 8. The summed E-state index contributed by atoms with van der Waals surface area (Å²) in [7, 11) is 0. The standard InChI is InChI=1S/C30H30ClF3N4O4S/c1-27(2,3)41-26(39)38-22-10-9-19(31)24(37-22)23(35)21-13-16-7-6-8-18(25(16)43-21)20-14-17(11-12-36-20)29(30(32,33)34)15-40-28(4,5)42-29/h6-14,23H,15,35H2,1-5H3,(H,37,38,39). The van der Waals surface area contributed by atoms with Crippen molar-refractivity contribution in [2.45, 2.75) is 63.8 Å². The summed E-state index contributed by atoms with van der Waals surface area (Å²) in [6.45, 7) is 7.46. The molecule has 5 rings (SSSR count). The highest BCUT2D eigenvalue weighted by Gasteiger charge is 2.64. The van der Waals surface area contributed by atoms with Crippen molar-refractivity contribution < 1.29 is 32.2 Å². The Morgan fingerprint density at radius 1 is 1.16 bits per heavy atom. The van der Waals surface area contributed by atoms with Crippen LogP contribution >= 0.6 is 22.9 Å². The summed E-state index contributed by atoms with van der Waals surface area (Å²) >= 11 is 7.80. The number of halogens is 4. The monoisotopic (exact) mass is 634 g/mol. The van der Waals surface area contributed by atoms with Crippen LogP contribution in [0.25, 0.3) is 21.3 Å². The van der Waals surface area contributed by atoms with E-state index in [1.807, 2.05) is 12.1 Å². The van der Waals surface area contributed by atoms with E-state index < -0.39 is 41.9 Å². The van der Waals surface area contributed by atoms with Crippen molar-refractivity contribution in [3.8, 4) is 11.3 Å². The third-order valence-electron chi connectivity index (χ3n) is 6.67. The highest BCUT2D eigenvalue weighted by molar-refractivity contribution is 7.19. The molecular weight excluding hydrogens is 605 g/mol. The molecule has 13 heteroatoms. The average Bonchev–Trinajstić information content (AvgIpc) is 3.49. The summed E-state index contributed by atoms with van der Waals surface area (Å²) in [5.74, 6) is -1.20. The summed E-state index contributed by atoms with van der Waals surface area (Å²) in [5.41, 5.74) is 4.47. The summed E-state index contributed by atoms with van der Waals surface area (Å²) in [4.78, 5) is 21.8. The number of rotatable bonds is 5. The van der Waals surface area contributed by atoms with Crippen LogP contribution < -0.4 is 11.1 Å². The lowest BCUT2D eigenvalue weighted by Crippen LogP contribution is -2.45. The lowest BCUT2D eigenvalue weighted by atomic mass is 9.93. The Morgan fingerprint density at radius 3 is 2.56 bits per heavy atom. The fourth-order valence-electron chi connectivity index (χ4n) is 4.76. The number of anilines is 1. The van der Waals surface area contributed by atoms with Crippen LogP contribution in [0.3, 0.4) is 0 Å². The third-order valence-corrected chi connectivity index (χ3v) is 8.26. The molecule has 1 amide bonds. The van der Waals surface area contributed by atoms with Crippen molar-refractivity contribution >= 4 is 44.9 Å². The lowest BCUT2D eigenvalue weighted by molar-refractivity contribution is -0.289. The molecular formula is C30H30ClF3N4O4S. The average molecular weight is 635 g/mol. The molecule has 4 heterocycles. The molecule has 1 aromatic carbocycles. The molecule has 4 aromatic rings. The van der Waals surface area contributed by atoms with Gasteiger partial charge in [-0.05, 0) is 75.9 Å². The van der Waals surface area contributed by atoms with Gasteiger partial charge in [-0.1, -0.05) is 29.8 Å². The van der Waals surface area contributed by atoms with Gasteiger partial charge >= 0.3 is 12.3 Å². The molecule has 2 unspecified atom stereocenters. The first-order valence-corrected chi connectivity index (χ1v) is 14.5. The molecule has 1 fully saturated rings. The molecule has 0 spiro atoms. The first-order chi connectivity index (χ1) is 20.0. The number of nitrogens with two attached hydrogens (primary N) is 1. The van der Waals surface area contributed by atoms with Gasteiger partial charge in [0.05, 0.1) is 29.1 Å². The maximum atomic E-state index is 14.4. The number of ether oxygens (including phenoxy) is 3. The van der Waals surface area contributed by atoms with Crippen LogP contribution in [0.4, 0.5) is 23.8 Å². The van der Waals surface area contributed by atoms with Crippen molar-refractivity contribution in [2.75, 3.05) is 11.9 Å². The van der Waals surface area contributed by atoms with Gasteiger partial charge in [0, 0.05) is 21.3 Å². The van der Waals surface area contributed by atoms with Gasteiger partial charge in [0.25, 0.3) is 0 Å². The molecule has 1 aliphatic rings. The molecule has 2 atom stereocenters. The molecule has 0 saturated carbocycles. The zero-order valence-corrected chi connectivity index (χ0v) is 25.6. The van der Waals surface area contributed by atoms with Crippen molar-refractivity contribution in [1.82, 2.24) is 9.97 Å². The number of carbonyl (C=O) groups excluding carboxylic acids is 1. The van der Waals surface area contributed by atoms with E-state index in [-0.39, 0.29) is 11.4 Å². The zero-order chi connectivity index (χ0) is 31.4. The largest absolute Gasteiger partial charge is 0.444 e. The summed E-state index contributed by atoms with van der Waals surface area (Å²) in [5, 5.41) is 3.70. The number of fused-ring (bicyclic) bond motifs is 1. The Labute approximate surface area is 255 Å². The van der Waals surface area contributed by atoms with Gasteiger partial charge < -0.3 is 19.9 Å². The number of pyridine rings is 2. The SMILES string of the molecule is CC(C)(C)OC(=O)Nc1ccc(Cl)c(C(N)c2cc3cccc(-c4cc(C5(C(F)(F)F)COC(C)(C)O5)ccn4)c3s2)n1. The minimum Gasteiger partial charge on any atom is -0.444 e. The van der Waals surface area contributed by atoms with Crippen LogP contribution in [-0.4, -0.2) is 40.2 Å². The first kappa shape index (κ1) is 31.1. The van der Waals surface area contributed by atoms with Gasteiger partial charge in [-0.3, -0.25) is 10.3 Å². The number of aromatic nitrogens is 2. The van der Waals surface area contributed by atoms with Gasteiger partial charge in [0.15, 0.2) is 5.79 Å². The maximum Gasteiger partial charge on any atom is 0.424 e. The number of thiophene rings is 1. The minimum absolute atomic E-state index is 0.105. The van der Waals surface area contributed by atoms with Gasteiger partial charge in [-0.15, -0.1) is 11.3 Å². The number of alkyl halides is 3. The van der Waals surface area contributed by atoms with E-state index in [1.165, 1.54) is 49.6 Å². The molecule has 8 nitrogen and oxygen atoms in total. The highest BCUT2D eigenvalue weighted by Crippen LogP contribution is 2.50. The number of nitrogens with zero attached hydrogens (tertiary/aromatic N) is 2. The van der Waals surface area contributed by atoms with Crippen LogP contribution in [0.15, 0.2) is 54.7 Å². The molecule has 43 heavy (non-hydrogen) atoms. The molecule has 3 aromatic heterocycles. The molecule has 3 N–H and O–H groups in total. The molecule has 0 bridgehead atoms. The van der Waals surface area contributed by atoms with E-state index in [2.05, 4.69) is 15.3 Å². The number of amides is 1. The zero-order valence-electron chi connectivity index (χ0n) is 24.0. The van der Waals surface area contributed by atoms with Crippen LogP contribution in [0.2, 0.25) is 5.02 Å². The lowest BCUT2D eigenvalue weighted by Gasteiger charge is -2.31. The Hall–Kier alpha value is -3.29. The predicted molar refractivity (Wildman–Crippen MR) is 159 cm³/mol. The minimum atomic E-state index is -4.73. The molecule has 1 aliphatic heterocycles.